The fourth-order valence-corrected chi connectivity index (χ4v) is 2.53. The second-order valence-electron chi connectivity index (χ2n) is 4.77. The molecule has 1 aromatic carbocycles. The van der Waals surface area contributed by atoms with Crippen molar-refractivity contribution in [2.75, 3.05) is 5.32 Å². The van der Waals surface area contributed by atoms with Crippen LogP contribution in [0.3, 0.4) is 0 Å². The van der Waals surface area contributed by atoms with Gasteiger partial charge >= 0.3 is 0 Å². The molecular formula is C14H15ClN2O2S. The van der Waals surface area contributed by atoms with Crippen LogP contribution in [-0.4, -0.2) is 22.0 Å². The monoisotopic (exact) mass is 310 g/mol. The van der Waals surface area contributed by atoms with Crippen LogP contribution in [0.2, 0.25) is 5.02 Å². The van der Waals surface area contributed by atoms with E-state index in [1.54, 1.807) is 12.1 Å². The molecule has 1 aromatic rings. The van der Waals surface area contributed by atoms with E-state index in [1.165, 1.54) is 0 Å². The van der Waals surface area contributed by atoms with E-state index in [9.17, 15) is 9.90 Å². The van der Waals surface area contributed by atoms with Gasteiger partial charge in [-0.05, 0) is 31.5 Å². The van der Waals surface area contributed by atoms with Gasteiger partial charge in [-0.25, -0.2) is 0 Å². The molecule has 0 saturated carbocycles. The van der Waals surface area contributed by atoms with Crippen molar-refractivity contribution >= 4 is 40.4 Å². The third kappa shape index (κ3) is 2.94. The zero-order valence-electron chi connectivity index (χ0n) is 11.2. The predicted octanol–water partition coefficient (Wildman–Crippen LogP) is 3.11. The van der Waals surface area contributed by atoms with Crippen molar-refractivity contribution in [2.24, 2.45) is 0 Å². The largest absolute Gasteiger partial charge is 0.511 e. The molecule has 6 heteroatoms. The molecule has 0 fully saturated rings. The molecule has 1 heterocycles. The molecule has 2 rings (SSSR count). The lowest BCUT2D eigenvalue weighted by molar-refractivity contribution is -0.118. The van der Waals surface area contributed by atoms with Gasteiger partial charge in [0.2, 0.25) is 0 Å². The maximum atomic E-state index is 11.9. The lowest BCUT2D eigenvalue weighted by Crippen LogP contribution is -2.41. The van der Waals surface area contributed by atoms with Gasteiger partial charge in [0.05, 0.1) is 0 Å². The molecule has 20 heavy (non-hydrogen) atoms. The molecule has 106 valence electrons. The highest BCUT2D eigenvalue weighted by Gasteiger charge is 2.27. The van der Waals surface area contributed by atoms with Gasteiger partial charge in [0, 0.05) is 23.2 Å². The molecule has 1 aliphatic rings. The average molecular weight is 311 g/mol. The number of hydrogen-bond donors (Lipinski definition) is 3. The highest BCUT2D eigenvalue weighted by molar-refractivity contribution is 7.81. The summed E-state index contributed by atoms with van der Waals surface area (Å²) in [5, 5.41) is 16.3. The second-order valence-corrected chi connectivity index (χ2v) is 5.58. The van der Waals surface area contributed by atoms with Crippen molar-refractivity contribution in [3.63, 3.8) is 0 Å². The van der Waals surface area contributed by atoms with Gasteiger partial charge in [0.1, 0.15) is 16.3 Å². The first-order valence-corrected chi connectivity index (χ1v) is 6.98. The van der Waals surface area contributed by atoms with E-state index in [1.807, 2.05) is 19.9 Å². The molecule has 4 nitrogen and oxygen atoms in total. The summed E-state index contributed by atoms with van der Waals surface area (Å²) in [4.78, 5) is 12.1. The third-order valence-electron chi connectivity index (χ3n) is 3.14. The van der Waals surface area contributed by atoms with Crippen molar-refractivity contribution in [2.45, 2.75) is 26.3 Å². The minimum atomic E-state index is -0.363. The molecule has 1 amide bonds. The Morgan fingerprint density at radius 1 is 1.55 bits per heavy atom. The van der Waals surface area contributed by atoms with Crippen LogP contribution in [0, 0.1) is 6.92 Å². The third-order valence-corrected chi connectivity index (χ3v) is 3.85. The number of nitrogens with one attached hydrogen (secondary N) is 2. The lowest BCUT2D eigenvalue weighted by atomic mass is 10.0. The number of hydrogen-bond acceptors (Lipinski definition) is 3. The summed E-state index contributed by atoms with van der Waals surface area (Å²) >= 11 is 11.3. The molecule has 0 spiro atoms. The Kier molecular flexibility index (Phi) is 4.30. The summed E-state index contributed by atoms with van der Waals surface area (Å²) in [7, 11) is 0. The maximum Gasteiger partial charge on any atom is 0.257 e. The van der Waals surface area contributed by atoms with Crippen LogP contribution in [0.25, 0.3) is 0 Å². The number of thiocarbonyl (C=S) groups is 1. The van der Waals surface area contributed by atoms with Gasteiger partial charge in [-0.1, -0.05) is 29.9 Å². The summed E-state index contributed by atoms with van der Waals surface area (Å²) in [5.41, 5.74) is 1.67. The highest BCUT2D eigenvalue weighted by Crippen LogP contribution is 2.25. The first kappa shape index (κ1) is 14.8. The molecule has 0 radical (unpaired) electrons. The molecular weight excluding hydrogens is 296 g/mol. The quantitative estimate of drug-likeness (QED) is 0.735. The topological polar surface area (TPSA) is 61.4 Å². The van der Waals surface area contributed by atoms with E-state index in [4.69, 9.17) is 23.8 Å². The van der Waals surface area contributed by atoms with Crippen LogP contribution in [0.1, 0.15) is 18.9 Å². The first-order chi connectivity index (χ1) is 9.40. The molecule has 0 bridgehead atoms. The Labute approximate surface area is 127 Å². The van der Waals surface area contributed by atoms with Gasteiger partial charge < -0.3 is 15.7 Å². The number of carbonyl (C=O) groups is 1. The molecule has 1 aliphatic heterocycles. The van der Waals surface area contributed by atoms with E-state index in [2.05, 4.69) is 10.6 Å². The fourth-order valence-electron chi connectivity index (χ4n) is 2.03. The average Bonchev–Trinajstić information content (AvgIpc) is 2.33. The Morgan fingerprint density at radius 3 is 2.90 bits per heavy atom. The molecule has 3 N–H and O–H groups in total. The number of benzene rings is 1. The molecule has 0 unspecified atom stereocenters. The van der Waals surface area contributed by atoms with E-state index >= 15 is 0 Å². The summed E-state index contributed by atoms with van der Waals surface area (Å²) in [5.74, 6) is -0.350. The number of carbonyl (C=O) groups excluding carboxylic acids is 1. The van der Waals surface area contributed by atoms with Crippen LogP contribution in [-0.2, 0) is 4.79 Å². The van der Waals surface area contributed by atoms with E-state index in [0.29, 0.717) is 17.1 Å². The van der Waals surface area contributed by atoms with E-state index in [0.717, 1.165) is 5.56 Å². The summed E-state index contributed by atoms with van der Waals surface area (Å²) < 4.78 is 0. The standard InChI is InChI=1S/C14H15ClN2O2S/c1-7-6-11(18)12(13(19)16-7)14(20)17-10-5-3-4-9(15)8(10)2/h3-5,7,18H,6H2,1-2H3,(H,16,19)(H,17,20)/t7-/m1/s1. The fraction of sp³-hybridized carbons (Fsp3) is 0.286. The van der Waals surface area contributed by atoms with Crippen molar-refractivity contribution in [1.29, 1.82) is 0 Å². The van der Waals surface area contributed by atoms with Crippen molar-refractivity contribution in [1.82, 2.24) is 5.32 Å². The van der Waals surface area contributed by atoms with Crippen LogP contribution >= 0.6 is 23.8 Å². The van der Waals surface area contributed by atoms with Crippen molar-refractivity contribution < 1.29 is 9.90 Å². The lowest BCUT2D eigenvalue weighted by Gasteiger charge is -2.23. The van der Waals surface area contributed by atoms with E-state index in [-0.39, 0.29) is 28.3 Å². The normalized spacial score (nSPS) is 18.8. The highest BCUT2D eigenvalue weighted by atomic mass is 35.5. The smallest absolute Gasteiger partial charge is 0.257 e. The first-order valence-electron chi connectivity index (χ1n) is 6.19. The number of aliphatic hydroxyl groups excluding tert-OH is 1. The molecule has 0 saturated heterocycles. The van der Waals surface area contributed by atoms with Crippen LogP contribution in [0.4, 0.5) is 5.69 Å². The summed E-state index contributed by atoms with van der Waals surface area (Å²) in [6.07, 6.45) is 0.372. The Balaban J connectivity index is 2.26. The number of rotatable bonds is 2. The summed E-state index contributed by atoms with van der Waals surface area (Å²) in [6, 6.07) is 5.28. The van der Waals surface area contributed by atoms with Crippen LogP contribution in [0.5, 0.6) is 0 Å². The zero-order chi connectivity index (χ0) is 14.9. The van der Waals surface area contributed by atoms with Gasteiger partial charge in [0.15, 0.2) is 0 Å². The van der Waals surface area contributed by atoms with Gasteiger partial charge in [0.25, 0.3) is 5.91 Å². The number of anilines is 1. The van der Waals surface area contributed by atoms with Gasteiger partial charge in [-0.2, -0.15) is 0 Å². The Hall–Kier alpha value is -1.59. The zero-order valence-corrected chi connectivity index (χ0v) is 12.7. The van der Waals surface area contributed by atoms with Crippen molar-refractivity contribution in [3.8, 4) is 0 Å². The minimum Gasteiger partial charge on any atom is -0.511 e. The number of amides is 1. The second kappa shape index (κ2) is 5.81. The molecule has 0 aliphatic carbocycles. The number of halogens is 1. The maximum absolute atomic E-state index is 11.9. The minimum absolute atomic E-state index is 0.0124. The Morgan fingerprint density at radius 2 is 2.25 bits per heavy atom. The predicted molar refractivity (Wildman–Crippen MR) is 84.3 cm³/mol. The molecule has 0 aromatic heterocycles. The van der Waals surface area contributed by atoms with Crippen molar-refractivity contribution in [3.05, 3.63) is 40.1 Å². The van der Waals surface area contributed by atoms with Gasteiger partial charge in [-0.3, -0.25) is 4.79 Å². The summed E-state index contributed by atoms with van der Waals surface area (Å²) in [6.45, 7) is 3.67. The van der Waals surface area contributed by atoms with E-state index < -0.39 is 0 Å². The SMILES string of the molecule is Cc1c(Cl)cccc1NC(=S)C1=C(O)C[C@@H](C)NC1=O. The van der Waals surface area contributed by atoms with Gasteiger partial charge in [-0.15, -0.1) is 0 Å². The van der Waals surface area contributed by atoms with Crippen LogP contribution in [0.15, 0.2) is 29.5 Å². The molecule has 1 atom stereocenters. The van der Waals surface area contributed by atoms with Crippen LogP contribution < -0.4 is 10.6 Å². The Bertz CT molecular complexity index is 613. The number of aliphatic hydroxyl groups is 1.